The molecule has 1 aromatic carbocycles. The minimum absolute atomic E-state index is 0.295. The van der Waals surface area contributed by atoms with Gasteiger partial charge in [-0.1, -0.05) is 87.3 Å². The summed E-state index contributed by atoms with van der Waals surface area (Å²) in [4.78, 5) is 5.82. The van der Waals surface area contributed by atoms with Gasteiger partial charge in [-0.15, -0.1) is 0 Å². The van der Waals surface area contributed by atoms with Crippen LogP contribution in [0.3, 0.4) is 0 Å². The molecule has 0 amide bonds. The Labute approximate surface area is 225 Å². The average molecular weight is 540 g/mol. The molecule has 1 aromatic heterocycles. The first-order valence-corrected chi connectivity index (χ1v) is 14.6. The van der Waals surface area contributed by atoms with E-state index < -0.39 is 0 Å². The van der Waals surface area contributed by atoms with Crippen molar-refractivity contribution in [2.75, 3.05) is 13.2 Å². The van der Waals surface area contributed by atoms with Gasteiger partial charge >= 0.3 is 0 Å². The molecule has 0 bridgehead atoms. The Balaban J connectivity index is 1.56. The molecule has 1 aliphatic rings. The van der Waals surface area contributed by atoms with Crippen LogP contribution in [0.15, 0.2) is 40.0 Å². The lowest BCUT2D eigenvalue weighted by molar-refractivity contribution is 0.0316. The van der Waals surface area contributed by atoms with Crippen LogP contribution in [0.1, 0.15) is 95.5 Å². The zero-order chi connectivity index (χ0) is 25.0. The maximum absolute atomic E-state index is 6.23. The predicted molar refractivity (Wildman–Crippen MR) is 148 cm³/mol. The van der Waals surface area contributed by atoms with Gasteiger partial charge in [0.25, 0.3) is 0 Å². The fourth-order valence-electron chi connectivity index (χ4n) is 4.29. The summed E-state index contributed by atoms with van der Waals surface area (Å²) in [5, 5.41) is 2.32. The molecule has 0 saturated heterocycles. The number of benzene rings is 1. The normalized spacial score (nSPS) is 17.5. The fourth-order valence-corrected chi connectivity index (χ4v) is 6.22. The van der Waals surface area contributed by atoms with E-state index in [-0.39, 0.29) is 0 Å². The Morgan fingerprint density at radius 3 is 2.29 bits per heavy atom. The summed E-state index contributed by atoms with van der Waals surface area (Å²) >= 11 is 14.1. The van der Waals surface area contributed by atoms with Crippen LogP contribution in [-0.2, 0) is 16.2 Å². The first-order valence-electron chi connectivity index (χ1n) is 13.0. The summed E-state index contributed by atoms with van der Waals surface area (Å²) < 4.78 is 14.3. The van der Waals surface area contributed by atoms with E-state index >= 15 is 0 Å². The highest BCUT2D eigenvalue weighted by Crippen LogP contribution is 2.37. The molecule has 3 rings (SSSR count). The van der Waals surface area contributed by atoms with E-state index in [1.165, 1.54) is 51.4 Å². The SMILES string of the molecule is Cc1nc(C(C)C)c(Sc2cc(Cl)cc(Cl)c2)n1COCCO/C1=C\CCCCCCCCCC1. The van der Waals surface area contributed by atoms with Gasteiger partial charge in [-0.3, -0.25) is 4.57 Å². The lowest BCUT2D eigenvalue weighted by Gasteiger charge is -2.15. The van der Waals surface area contributed by atoms with Crippen molar-refractivity contribution >= 4 is 35.0 Å². The molecule has 0 saturated carbocycles. The number of imidazole rings is 1. The summed E-state index contributed by atoms with van der Waals surface area (Å²) in [5.41, 5.74) is 1.06. The predicted octanol–water partition coefficient (Wildman–Crippen LogP) is 9.56. The summed E-state index contributed by atoms with van der Waals surface area (Å²) in [6.45, 7) is 7.89. The zero-order valence-corrected chi connectivity index (χ0v) is 23.8. The molecule has 0 spiro atoms. The molecule has 0 fully saturated rings. The van der Waals surface area contributed by atoms with Crippen molar-refractivity contribution in [3.63, 3.8) is 0 Å². The quantitative estimate of drug-likeness (QED) is 0.297. The Morgan fingerprint density at radius 1 is 0.943 bits per heavy atom. The molecule has 0 unspecified atom stereocenters. The van der Waals surface area contributed by atoms with Crippen molar-refractivity contribution in [1.82, 2.24) is 9.55 Å². The topological polar surface area (TPSA) is 36.3 Å². The standard InChI is InChI=1S/C28H40Cl2N2O2S/c1-21(2)27-28(35-26-18-23(29)17-24(30)19-26)32(22(3)31-27)20-33-15-16-34-25-13-11-9-7-5-4-6-8-10-12-14-25/h13,17-19,21H,4-12,14-16,20H2,1-3H3/b25-13-. The van der Waals surface area contributed by atoms with Gasteiger partial charge in [0.2, 0.25) is 0 Å². The third-order valence-electron chi connectivity index (χ3n) is 6.22. The lowest BCUT2D eigenvalue weighted by Crippen LogP contribution is -2.10. The smallest absolute Gasteiger partial charge is 0.125 e. The van der Waals surface area contributed by atoms with Crippen molar-refractivity contribution < 1.29 is 9.47 Å². The fraction of sp³-hybridized carbons (Fsp3) is 0.607. The average Bonchev–Trinajstić information content (AvgIpc) is 3.09. The molecular formula is C28H40Cl2N2O2S. The van der Waals surface area contributed by atoms with Crippen LogP contribution in [0, 0.1) is 6.92 Å². The van der Waals surface area contributed by atoms with Gasteiger partial charge in [-0.05, 0) is 56.4 Å². The molecule has 194 valence electrons. The highest BCUT2D eigenvalue weighted by atomic mass is 35.5. The molecule has 1 heterocycles. The number of hydrogen-bond acceptors (Lipinski definition) is 4. The van der Waals surface area contributed by atoms with Crippen LogP contribution >= 0.6 is 35.0 Å². The highest BCUT2D eigenvalue weighted by molar-refractivity contribution is 7.99. The highest BCUT2D eigenvalue weighted by Gasteiger charge is 2.19. The van der Waals surface area contributed by atoms with Gasteiger partial charge in [0.1, 0.15) is 24.2 Å². The first kappa shape index (κ1) is 28.4. The van der Waals surface area contributed by atoms with E-state index in [0.29, 0.717) is 35.9 Å². The third-order valence-corrected chi connectivity index (χ3v) is 7.75. The molecule has 0 atom stereocenters. The van der Waals surface area contributed by atoms with Crippen LogP contribution < -0.4 is 0 Å². The van der Waals surface area contributed by atoms with E-state index in [4.69, 9.17) is 37.7 Å². The van der Waals surface area contributed by atoms with Gasteiger partial charge in [0.05, 0.1) is 18.1 Å². The van der Waals surface area contributed by atoms with Gasteiger partial charge in [0, 0.05) is 21.4 Å². The van der Waals surface area contributed by atoms with Gasteiger partial charge in [-0.25, -0.2) is 4.98 Å². The number of hydrogen-bond donors (Lipinski definition) is 0. The van der Waals surface area contributed by atoms with Gasteiger partial charge in [0.15, 0.2) is 0 Å². The Kier molecular flexibility index (Phi) is 12.3. The van der Waals surface area contributed by atoms with E-state index in [1.807, 2.05) is 19.1 Å². The maximum atomic E-state index is 6.23. The Hall–Kier alpha value is -1.14. The largest absolute Gasteiger partial charge is 0.496 e. The van der Waals surface area contributed by atoms with Crippen LogP contribution in [-0.4, -0.2) is 22.8 Å². The summed E-state index contributed by atoms with van der Waals surface area (Å²) in [7, 11) is 0. The van der Waals surface area contributed by atoms with Gasteiger partial charge < -0.3 is 9.47 Å². The first-order chi connectivity index (χ1) is 16.9. The van der Waals surface area contributed by atoms with Crippen LogP contribution in [0.2, 0.25) is 10.0 Å². The summed E-state index contributed by atoms with van der Waals surface area (Å²) in [6, 6.07) is 5.61. The monoisotopic (exact) mass is 538 g/mol. The molecule has 0 N–H and O–H groups in total. The molecule has 0 radical (unpaired) electrons. The molecular weight excluding hydrogens is 499 g/mol. The Bertz CT molecular complexity index is 938. The minimum atomic E-state index is 0.295. The molecule has 1 aliphatic carbocycles. The van der Waals surface area contributed by atoms with E-state index in [2.05, 4.69) is 24.5 Å². The number of aromatic nitrogens is 2. The molecule has 0 aliphatic heterocycles. The van der Waals surface area contributed by atoms with Crippen molar-refractivity contribution in [3.8, 4) is 0 Å². The van der Waals surface area contributed by atoms with E-state index in [0.717, 1.165) is 40.0 Å². The van der Waals surface area contributed by atoms with Crippen LogP contribution in [0.4, 0.5) is 0 Å². The third kappa shape index (κ3) is 9.68. The Morgan fingerprint density at radius 2 is 1.60 bits per heavy atom. The van der Waals surface area contributed by atoms with Gasteiger partial charge in [-0.2, -0.15) is 0 Å². The number of ether oxygens (including phenoxy) is 2. The van der Waals surface area contributed by atoms with Crippen molar-refractivity contribution in [3.05, 3.63) is 51.6 Å². The molecule has 4 nitrogen and oxygen atoms in total. The van der Waals surface area contributed by atoms with Crippen LogP contribution in [0.25, 0.3) is 0 Å². The number of rotatable bonds is 9. The lowest BCUT2D eigenvalue weighted by atomic mass is 10.0. The van der Waals surface area contributed by atoms with Crippen molar-refractivity contribution in [2.24, 2.45) is 0 Å². The second-order valence-corrected chi connectivity index (χ2v) is 11.5. The second kappa shape index (κ2) is 15.2. The number of halogens is 2. The van der Waals surface area contributed by atoms with E-state index in [1.54, 1.807) is 17.8 Å². The van der Waals surface area contributed by atoms with Crippen molar-refractivity contribution in [2.45, 2.75) is 108 Å². The number of nitrogens with zero attached hydrogens (tertiary/aromatic N) is 2. The van der Waals surface area contributed by atoms with Crippen molar-refractivity contribution in [1.29, 1.82) is 0 Å². The van der Waals surface area contributed by atoms with E-state index in [9.17, 15) is 0 Å². The summed E-state index contributed by atoms with van der Waals surface area (Å²) in [5.74, 6) is 2.37. The minimum Gasteiger partial charge on any atom is -0.496 e. The summed E-state index contributed by atoms with van der Waals surface area (Å²) in [6.07, 6.45) is 15.1. The molecule has 2 aromatic rings. The number of aryl methyl sites for hydroxylation is 1. The number of allylic oxidation sites excluding steroid dienone is 2. The zero-order valence-electron chi connectivity index (χ0n) is 21.5. The second-order valence-electron chi connectivity index (χ2n) is 9.56. The molecule has 7 heteroatoms. The van der Waals surface area contributed by atoms with Crippen LogP contribution in [0.5, 0.6) is 0 Å². The maximum Gasteiger partial charge on any atom is 0.125 e. The molecule has 35 heavy (non-hydrogen) atoms.